The van der Waals surface area contributed by atoms with Crippen molar-refractivity contribution in [3.8, 4) is 0 Å². The molecule has 0 spiro atoms. The zero-order valence-corrected chi connectivity index (χ0v) is 16.7. The number of halogens is 1. The molecule has 0 bridgehead atoms. The summed E-state index contributed by atoms with van der Waals surface area (Å²) in [6.07, 6.45) is 1.12. The first-order valence-corrected chi connectivity index (χ1v) is 10.9. The van der Waals surface area contributed by atoms with Gasteiger partial charge in [-0.05, 0) is 17.7 Å². The van der Waals surface area contributed by atoms with E-state index in [0.717, 1.165) is 6.26 Å². The summed E-state index contributed by atoms with van der Waals surface area (Å²) < 4.78 is 44.5. The Bertz CT molecular complexity index is 868. The normalized spacial score (nSPS) is 23.5. The van der Waals surface area contributed by atoms with E-state index >= 15 is 0 Å². The molecule has 28 heavy (non-hydrogen) atoms. The van der Waals surface area contributed by atoms with Crippen molar-refractivity contribution in [2.24, 2.45) is 0 Å². The van der Waals surface area contributed by atoms with Crippen LogP contribution in [-0.2, 0) is 24.3 Å². The standard InChI is InChI=1S/C18H24FN3O5S/c1-12(23)20-11-14-10-15(18(24)27-14)13-3-4-17(16(19)9-13)21-5-7-22(8-6-21)28(2,25)26/h3-4,9,14-15H,5-8,10-11H2,1-2H3,(H,20,23)/t14?,15-/m1/s1. The molecule has 2 atom stereocenters. The molecule has 10 heteroatoms. The molecular weight excluding hydrogens is 389 g/mol. The summed E-state index contributed by atoms with van der Waals surface area (Å²) in [7, 11) is -3.25. The summed E-state index contributed by atoms with van der Waals surface area (Å²) in [5.74, 6) is -1.65. The maximum Gasteiger partial charge on any atom is 0.313 e. The number of hydrogen-bond donors (Lipinski definition) is 1. The number of sulfonamides is 1. The second-order valence-electron chi connectivity index (χ2n) is 7.14. The Labute approximate surface area is 163 Å². The molecular formula is C18H24FN3O5S. The van der Waals surface area contributed by atoms with Crippen molar-refractivity contribution >= 4 is 27.6 Å². The van der Waals surface area contributed by atoms with E-state index in [0.29, 0.717) is 43.9 Å². The Morgan fingerprint density at radius 3 is 2.54 bits per heavy atom. The molecule has 1 aromatic rings. The van der Waals surface area contributed by atoms with Crippen molar-refractivity contribution in [1.29, 1.82) is 0 Å². The van der Waals surface area contributed by atoms with Crippen LogP contribution in [0.3, 0.4) is 0 Å². The zero-order chi connectivity index (χ0) is 20.5. The molecule has 2 aliphatic rings. The lowest BCUT2D eigenvalue weighted by molar-refractivity contribution is -0.142. The lowest BCUT2D eigenvalue weighted by Crippen LogP contribution is -2.48. The maximum atomic E-state index is 14.7. The summed E-state index contributed by atoms with van der Waals surface area (Å²) in [4.78, 5) is 24.9. The van der Waals surface area contributed by atoms with E-state index in [1.54, 1.807) is 17.0 Å². The van der Waals surface area contributed by atoms with Crippen LogP contribution in [0.15, 0.2) is 18.2 Å². The number of nitrogens with one attached hydrogen (secondary N) is 1. The third kappa shape index (κ3) is 4.61. The first kappa shape index (κ1) is 20.5. The molecule has 1 unspecified atom stereocenters. The summed E-state index contributed by atoms with van der Waals surface area (Å²) >= 11 is 0. The van der Waals surface area contributed by atoms with Crippen LogP contribution in [0.1, 0.15) is 24.8 Å². The van der Waals surface area contributed by atoms with Gasteiger partial charge in [-0.1, -0.05) is 6.07 Å². The molecule has 2 heterocycles. The van der Waals surface area contributed by atoms with E-state index in [4.69, 9.17) is 4.74 Å². The van der Waals surface area contributed by atoms with Gasteiger partial charge in [-0.2, -0.15) is 4.31 Å². The fourth-order valence-corrected chi connectivity index (χ4v) is 4.39. The number of rotatable bonds is 5. The minimum absolute atomic E-state index is 0.203. The highest BCUT2D eigenvalue weighted by Gasteiger charge is 2.36. The number of hydrogen-bond acceptors (Lipinski definition) is 6. The third-order valence-electron chi connectivity index (χ3n) is 5.07. The number of anilines is 1. The second kappa shape index (κ2) is 8.04. The number of benzene rings is 1. The van der Waals surface area contributed by atoms with Crippen molar-refractivity contribution in [1.82, 2.24) is 9.62 Å². The topological polar surface area (TPSA) is 96.0 Å². The highest BCUT2D eigenvalue weighted by molar-refractivity contribution is 7.88. The molecule has 0 saturated carbocycles. The average molecular weight is 413 g/mol. The quantitative estimate of drug-likeness (QED) is 0.704. The maximum absolute atomic E-state index is 14.7. The monoisotopic (exact) mass is 413 g/mol. The Balaban J connectivity index is 1.66. The summed E-state index contributed by atoms with van der Waals surface area (Å²) in [5.41, 5.74) is 0.921. The Morgan fingerprint density at radius 1 is 1.29 bits per heavy atom. The highest BCUT2D eigenvalue weighted by Crippen LogP contribution is 2.33. The first-order valence-electron chi connectivity index (χ1n) is 9.09. The summed E-state index contributed by atoms with van der Waals surface area (Å²) in [6, 6.07) is 4.66. The first-order chi connectivity index (χ1) is 13.1. The number of piperazine rings is 1. The van der Waals surface area contributed by atoms with Crippen LogP contribution in [-0.4, -0.2) is 69.7 Å². The fourth-order valence-electron chi connectivity index (χ4n) is 3.57. The minimum Gasteiger partial charge on any atom is -0.460 e. The fraction of sp³-hybridized carbons (Fsp3) is 0.556. The number of esters is 1. The predicted octanol–water partition coefficient (Wildman–Crippen LogP) is 0.443. The van der Waals surface area contributed by atoms with E-state index in [9.17, 15) is 22.4 Å². The van der Waals surface area contributed by atoms with Crippen LogP contribution in [0, 0.1) is 5.82 Å². The van der Waals surface area contributed by atoms with Crippen LogP contribution >= 0.6 is 0 Å². The molecule has 154 valence electrons. The molecule has 2 saturated heterocycles. The van der Waals surface area contributed by atoms with E-state index in [1.165, 1.54) is 17.3 Å². The Hall–Kier alpha value is -2.20. The van der Waals surface area contributed by atoms with Crippen LogP contribution in [0.5, 0.6) is 0 Å². The van der Waals surface area contributed by atoms with Gasteiger partial charge in [-0.3, -0.25) is 9.59 Å². The molecule has 0 aliphatic carbocycles. The molecule has 0 radical (unpaired) electrons. The number of nitrogens with zero attached hydrogens (tertiary/aromatic N) is 2. The predicted molar refractivity (Wildman–Crippen MR) is 101 cm³/mol. The molecule has 8 nitrogen and oxygen atoms in total. The van der Waals surface area contributed by atoms with Crippen molar-refractivity contribution < 1.29 is 27.1 Å². The van der Waals surface area contributed by atoms with Gasteiger partial charge in [0.2, 0.25) is 15.9 Å². The lowest BCUT2D eigenvalue weighted by Gasteiger charge is -2.35. The summed E-state index contributed by atoms with van der Waals surface area (Å²) in [6.45, 7) is 3.03. The van der Waals surface area contributed by atoms with E-state index < -0.39 is 33.8 Å². The molecule has 1 N–H and O–H groups in total. The minimum atomic E-state index is -3.25. The van der Waals surface area contributed by atoms with Crippen molar-refractivity contribution in [2.45, 2.75) is 25.4 Å². The van der Waals surface area contributed by atoms with Crippen LogP contribution < -0.4 is 10.2 Å². The smallest absolute Gasteiger partial charge is 0.313 e. The van der Waals surface area contributed by atoms with Crippen molar-refractivity contribution in [3.63, 3.8) is 0 Å². The molecule has 2 aliphatic heterocycles. The van der Waals surface area contributed by atoms with Gasteiger partial charge >= 0.3 is 5.97 Å². The average Bonchev–Trinajstić information content (AvgIpc) is 3.00. The largest absolute Gasteiger partial charge is 0.460 e. The van der Waals surface area contributed by atoms with E-state index in [-0.39, 0.29) is 12.5 Å². The molecule has 3 rings (SSSR count). The third-order valence-corrected chi connectivity index (χ3v) is 6.37. The number of cyclic esters (lactones) is 1. The Morgan fingerprint density at radius 2 is 1.96 bits per heavy atom. The van der Waals surface area contributed by atoms with Gasteiger partial charge in [0.1, 0.15) is 11.9 Å². The highest BCUT2D eigenvalue weighted by atomic mass is 32.2. The molecule has 1 amide bonds. The van der Waals surface area contributed by atoms with Crippen LogP contribution in [0.25, 0.3) is 0 Å². The second-order valence-corrected chi connectivity index (χ2v) is 9.13. The van der Waals surface area contributed by atoms with Crippen LogP contribution in [0.4, 0.5) is 10.1 Å². The molecule has 1 aromatic carbocycles. The van der Waals surface area contributed by atoms with E-state index in [1.807, 2.05) is 0 Å². The van der Waals surface area contributed by atoms with Gasteiger partial charge in [0, 0.05) is 39.5 Å². The van der Waals surface area contributed by atoms with E-state index in [2.05, 4.69) is 5.32 Å². The van der Waals surface area contributed by atoms with Gasteiger partial charge in [0.05, 0.1) is 24.4 Å². The van der Waals surface area contributed by atoms with Gasteiger partial charge < -0.3 is 15.0 Å². The van der Waals surface area contributed by atoms with Gasteiger partial charge in [-0.15, -0.1) is 0 Å². The van der Waals surface area contributed by atoms with Gasteiger partial charge in [0.25, 0.3) is 0 Å². The number of ether oxygens (including phenoxy) is 1. The number of carbonyl (C=O) groups is 2. The SMILES string of the molecule is CC(=O)NCC1C[C@H](c2ccc(N3CCN(S(C)(=O)=O)CC3)c(F)c2)C(=O)O1. The molecule has 0 aromatic heterocycles. The van der Waals surface area contributed by atoms with Gasteiger partial charge in [0.15, 0.2) is 0 Å². The Kier molecular flexibility index (Phi) is 5.90. The number of amides is 1. The molecule has 2 fully saturated rings. The van der Waals surface area contributed by atoms with Crippen molar-refractivity contribution in [3.05, 3.63) is 29.6 Å². The zero-order valence-electron chi connectivity index (χ0n) is 15.9. The van der Waals surface area contributed by atoms with Gasteiger partial charge in [-0.25, -0.2) is 12.8 Å². The lowest BCUT2D eigenvalue weighted by atomic mass is 9.95. The van der Waals surface area contributed by atoms with Crippen LogP contribution in [0.2, 0.25) is 0 Å². The van der Waals surface area contributed by atoms with Crippen molar-refractivity contribution in [2.75, 3.05) is 43.9 Å². The number of carbonyl (C=O) groups excluding carboxylic acids is 2. The summed E-state index contributed by atoms with van der Waals surface area (Å²) in [5, 5.41) is 2.61.